The van der Waals surface area contributed by atoms with E-state index in [1.807, 2.05) is 41.0 Å². The average molecular weight is 356 g/mol. The van der Waals surface area contributed by atoms with E-state index in [-0.39, 0.29) is 11.5 Å². The molecular weight excluding hydrogens is 340 g/mol. The van der Waals surface area contributed by atoms with Crippen LogP contribution in [0.5, 0.6) is 0 Å². The Morgan fingerprint density at radius 2 is 1.59 bits per heavy atom. The van der Waals surface area contributed by atoms with Gasteiger partial charge in [0.05, 0.1) is 4.92 Å². The van der Waals surface area contributed by atoms with Crippen LogP contribution in [0.1, 0.15) is 21.5 Å². The van der Waals surface area contributed by atoms with Crippen LogP contribution in [0.4, 0.5) is 5.69 Å². The summed E-state index contributed by atoms with van der Waals surface area (Å²) in [5.74, 6) is -0.145. The summed E-state index contributed by atoms with van der Waals surface area (Å²) in [4.78, 5) is 23.8. The van der Waals surface area contributed by atoms with Gasteiger partial charge in [0.1, 0.15) is 0 Å². The predicted octanol–water partition coefficient (Wildman–Crippen LogP) is 4.83. The van der Waals surface area contributed by atoms with Gasteiger partial charge in [-0.15, -0.1) is 0 Å². The molecule has 0 aliphatic rings. The number of fused-ring (bicyclic) bond motifs is 1. The number of nitrogens with zero attached hydrogens (tertiary/aromatic N) is 2. The Bertz CT molecular complexity index is 1130. The highest BCUT2D eigenvalue weighted by Gasteiger charge is 2.19. The molecule has 0 saturated heterocycles. The molecule has 0 atom stereocenters. The molecule has 0 radical (unpaired) electrons. The first-order chi connectivity index (χ1) is 13.1. The van der Waals surface area contributed by atoms with Gasteiger partial charge < -0.3 is 4.57 Å². The summed E-state index contributed by atoms with van der Waals surface area (Å²) in [7, 11) is 0. The van der Waals surface area contributed by atoms with Gasteiger partial charge in [-0.1, -0.05) is 60.7 Å². The van der Waals surface area contributed by atoms with Crippen molar-refractivity contribution in [3.05, 3.63) is 112 Å². The highest BCUT2D eigenvalue weighted by molar-refractivity contribution is 6.16. The fourth-order valence-corrected chi connectivity index (χ4v) is 3.24. The van der Waals surface area contributed by atoms with E-state index >= 15 is 0 Å². The fourth-order valence-electron chi connectivity index (χ4n) is 3.24. The number of hydrogen-bond acceptors (Lipinski definition) is 3. The van der Waals surface area contributed by atoms with E-state index in [1.54, 1.807) is 36.5 Å². The van der Waals surface area contributed by atoms with Gasteiger partial charge in [0.2, 0.25) is 0 Å². The monoisotopic (exact) mass is 356 g/mol. The lowest BCUT2D eigenvalue weighted by Gasteiger charge is -2.05. The van der Waals surface area contributed by atoms with Crippen LogP contribution in [0, 0.1) is 10.1 Å². The quantitative estimate of drug-likeness (QED) is 0.292. The molecule has 0 saturated carbocycles. The van der Waals surface area contributed by atoms with Crippen molar-refractivity contribution in [1.29, 1.82) is 0 Å². The Hall–Kier alpha value is -3.73. The maximum absolute atomic E-state index is 13.0. The topological polar surface area (TPSA) is 65.1 Å². The van der Waals surface area contributed by atoms with E-state index in [1.165, 1.54) is 12.1 Å². The Morgan fingerprint density at radius 3 is 2.26 bits per heavy atom. The summed E-state index contributed by atoms with van der Waals surface area (Å²) >= 11 is 0. The first-order valence-electron chi connectivity index (χ1n) is 8.54. The fraction of sp³-hybridized carbons (Fsp3) is 0.0455. The second kappa shape index (κ2) is 6.88. The van der Waals surface area contributed by atoms with Gasteiger partial charge in [-0.05, 0) is 11.6 Å². The molecule has 1 aromatic heterocycles. The number of benzene rings is 3. The van der Waals surface area contributed by atoms with Crippen LogP contribution in [0.3, 0.4) is 0 Å². The molecule has 27 heavy (non-hydrogen) atoms. The van der Waals surface area contributed by atoms with E-state index in [0.29, 0.717) is 23.1 Å². The van der Waals surface area contributed by atoms with E-state index in [4.69, 9.17) is 0 Å². The third-order valence-corrected chi connectivity index (χ3v) is 4.55. The molecule has 5 heteroatoms. The molecule has 0 fully saturated rings. The van der Waals surface area contributed by atoms with Crippen molar-refractivity contribution in [1.82, 2.24) is 4.57 Å². The summed E-state index contributed by atoms with van der Waals surface area (Å²) in [6.45, 7) is 0.581. The minimum atomic E-state index is -0.440. The normalized spacial score (nSPS) is 10.8. The maximum atomic E-state index is 13.0. The molecule has 0 amide bonds. The summed E-state index contributed by atoms with van der Waals surface area (Å²) in [5.41, 5.74) is 2.89. The zero-order valence-electron chi connectivity index (χ0n) is 14.4. The largest absolute Gasteiger partial charge is 0.342 e. The van der Waals surface area contributed by atoms with E-state index in [0.717, 1.165) is 11.1 Å². The molecule has 4 rings (SSSR count). The number of non-ortho nitro benzene ring substituents is 1. The van der Waals surface area contributed by atoms with Crippen LogP contribution in [0.2, 0.25) is 0 Å². The van der Waals surface area contributed by atoms with Gasteiger partial charge in [-0.3, -0.25) is 14.9 Å². The molecule has 3 aromatic carbocycles. The molecule has 132 valence electrons. The van der Waals surface area contributed by atoms with Crippen molar-refractivity contribution in [2.45, 2.75) is 6.54 Å². The van der Waals surface area contributed by atoms with E-state index < -0.39 is 4.92 Å². The third-order valence-electron chi connectivity index (χ3n) is 4.55. The van der Waals surface area contributed by atoms with Crippen LogP contribution in [0.15, 0.2) is 85.1 Å². The van der Waals surface area contributed by atoms with Gasteiger partial charge in [-0.2, -0.15) is 0 Å². The van der Waals surface area contributed by atoms with Gasteiger partial charge in [-0.25, -0.2) is 0 Å². The summed E-state index contributed by atoms with van der Waals surface area (Å²) in [6.07, 6.45) is 1.79. The van der Waals surface area contributed by atoms with Crippen LogP contribution >= 0.6 is 0 Å². The lowest BCUT2D eigenvalue weighted by atomic mass is 10.0. The minimum Gasteiger partial charge on any atom is -0.342 e. The number of nitro groups is 1. The van der Waals surface area contributed by atoms with Gasteiger partial charge in [0, 0.05) is 46.9 Å². The molecule has 4 aromatic rings. The number of carbonyl (C=O) groups is 1. The second-order valence-corrected chi connectivity index (χ2v) is 6.31. The SMILES string of the molecule is O=C(c1ccccc1)c1cn(Cc2ccccc2)c2ccc([N+](=O)[O-])cc12. The van der Waals surface area contributed by atoms with E-state index in [9.17, 15) is 14.9 Å². The first kappa shape index (κ1) is 16.7. The first-order valence-corrected chi connectivity index (χ1v) is 8.54. The number of nitro benzene ring substituents is 1. The summed E-state index contributed by atoms with van der Waals surface area (Å²) < 4.78 is 1.96. The Labute approximate surface area is 155 Å². The molecule has 0 unspecified atom stereocenters. The van der Waals surface area contributed by atoms with Crippen LogP contribution in [0.25, 0.3) is 10.9 Å². The molecule has 1 heterocycles. The minimum absolute atomic E-state index is 0.0259. The Balaban J connectivity index is 1.87. The summed E-state index contributed by atoms with van der Waals surface area (Å²) in [5, 5.41) is 11.8. The van der Waals surface area contributed by atoms with Crippen LogP contribution in [-0.2, 0) is 6.54 Å². The van der Waals surface area contributed by atoms with Gasteiger partial charge in [0.15, 0.2) is 5.78 Å². The molecule has 0 N–H and O–H groups in total. The highest BCUT2D eigenvalue weighted by atomic mass is 16.6. The van der Waals surface area contributed by atoms with Crippen molar-refractivity contribution in [3.8, 4) is 0 Å². The number of ketones is 1. The average Bonchev–Trinajstić information content (AvgIpc) is 3.06. The lowest BCUT2D eigenvalue weighted by molar-refractivity contribution is -0.384. The standard InChI is InChI=1S/C22H16N2O3/c25-22(17-9-5-2-6-10-17)20-15-23(14-16-7-3-1-4-8-16)21-12-11-18(24(26)27)13-19(20)21/h1-13,15H,14H2. The van der Waals surface area contributed by atoms with Crippen molar-refractivity contribution in [3.63, 3.8) is 0 Å². The third kappa shape index (κ3) is 3.22. The van der Waals surface area contributed by atoms with Crippen LogP contribution < -0.4 is 0 Å². The van der Waals surface area contributed by atoms with Crippen molar-refractivity contribution in [2.75, 3.05) is 0 Å². The van der Waals surface area contributed by atoms with Gasteiger partial charge >= 0.3 is 0 Å². The van der Waals surface area contributed by atoms with Crippen LogP contribution in [-0.4, -0.2) is 15.3 Å². The van der Waals surface area contributed by atoms with Crippen molar-refractivity contribution < 1.29 is 9.72 Å². The lowest BCUT2D eigenvalue weighted by Crippen LogP contribution is -2.01. The molecule has 5 nitrogen and oxygen atoms in total. The maximum Gasteiger partial charge on any atom is 0.270 e. The molecule has 0 spiro atoms. The Kier molecular flexibility index (Phi) is 4.26. The number of hydrogen-bond donors (Lipinski definition) is 0. The molecular formula is C22H16N2O3. The molecule has 0 aliphatic heterocycles. The zero-order valence-corrected chi connectivity index (χ0v) is 14.4. The molecule has 0 bridgehead atoms. The highest BCUT2D eigenvalue weighted by Crippen LogP contribution is 2.28. The predicted molar refractivity (Wildman–Crippen MR) is 104 cm³/mol. The van der Waals surface area contributed by atoms with Crippen molar-refractivity contribution in [2.24, 2.45) is 0 Å². The number of aromatic nitrogens is 1. The smallest absolute Gasteiger partial charge is 0.270 e. The Morgan fingerprint density at radius 1 is 0.926 bits per heavy atom. The van der Waals surface area contributed by atoms with E-state index in [2.05, 4.69) is 0 Å². The summed E-state index contributed by atoms with van der Waals surface area (Å²) in [6, 6.07) is 23.5. The van der Waals surface area contributed by atoms with Crippen molar-refractivity contribution >= 4 is 22.4 Å². The number of carbonyl (C=O) groups excluding carboxylic acids is 1. The second-order valence-electron chi connectivity index (χ2n) is 6.31. The number of rotatable bonds is 5. The zero-order chi connectivity index (χ0) is 18.8. The molecule has 0 aliphatic carbocycles. The van der Waals surface area contributed by atoms with Gasteiger partial charge in [0.25, 0.3) is 5.69 Å².